The van der Waals surface area contributed by atoms with E-state index in [1.807, 2.05) is 13.0 Å². The molecule has 0 aliphatic rings. The van der Waals surface area contributed by atoms with Gasteiger partial charge in [0, 0.05) is 32.1 Å². The molecule has 1 atom stereocenters. The van der Waals surface area contributed by atoms with Crippen LogP contribution in [0.4, 0.5) is 14.5 Å². The van der Waals surface area contributed by atoms with E-state index in [2.05, 4.69) is 5.32 Å². The minimum absolute atomic E-state index is 0.0376. The topological polar surface area (TPSA) is 96.0 Å². The maximum Gasteiger partial charge on any atom is 0.242 e. The molecule has 0 aromatic heterocycles. The Bertz CT molecular complexity index is 1160. The number of carbonyl (C=O) groups is 2. The molecule has 36 heavy (non-hydrogen) atoms. The molecular formula is C25H33F2N3O5S. The average molecular weight is 526 g/mol. The highest BCUT2D eigenvalue weighted by Crippen LogP contribution is 2.22. The van der Waals surface area contributed by atoms with Gasteiger partial charge in [0.2, 0.25) is 21.8 Å². The van der Waals surface area contributed by atoms with Gasteiger partial charge in [0.05, 0.1) is 19.1 Å². The van der Waals surface area contributed by atoms with Crippen molar-refractivity contribution in [3.8, 4) is 5.75 Å². The zero-order valence-electron chi connectivity index (χ0n) is 21.0. The van der Waals surface area contributed by atoms with Crippen LogP contribution in [-0.4, -0.2) is 57.6 Å². The van der Waals surface area contributed by atoms with Gasteiger partial charge in [0.1, 0.15) is 11.8 Å². The van der Waals surface area contributed by atoms with Gasteiger partial charge >= 0.3 is 0 Å². The lowest BCUT2D eigenvalue weighted by Crippen LogP contribution is -2.47. The molecule has 0 spiro atoms. The third-order valence-corrected chi connectivity index (χ3v) is 6.74. The summed E-state index contributed by atoms with van der Waals surface area (Å²) in [5, 5.41) is 2.79. The zero-order valence-corrected chi connectivity index (χ0v) is 21.8. The largest absolute Gasteiger partial charge is 0.497 e. The number of rotatable bonds is 13. The van der Waals surface area contributed by atoms with Gasteiger partial charge < -0.3 is 15.0 Å². The Morgan fingerprint density at radius 1 is 1.11 bits per heavy atom. The standard InChI is InChI=1S/C25H33F2N3O5S/c1-5-13-28-25(32)18(2)29(17-19-8-6-9-21(15-19)35-3)24(31)10-7-14-30(36(4,33)34)20-11-12-22(26)23(27)16-20/h6,8-9,11-12,15-16,18H,5,7,10,13-14,17H2,1-4H3,(H,28,32). The lowest BCUT2D eigenvalue weighted by molar-refractivity contribution is -0.140. The Hall–Kier alpha value is -3.21. The molecule has 2 aromatic rings. The number of amides is 2. The summed E-state index contributed by atoms with van der Waals surface area (Å²) in [6.45, 7) is 4.05. The van der Waals surface area contributed by atoms with E-state index in [0.29, 0.717) is 12.3 Å². The van der Waals surface area contributed by atoms with Crippen LogP contribution in [0, 0.1) is 11.6 Å². The number of carbonyl (C=O) groups excluding carboxylic acids is 2. The van der Waals surface area contributed by atoms with Crippen molar-refractivity contribution in [2.45, 2.75) is 45.7 Å². The van der Waals surface area contributed by atoms with E-state index in [4.69, 9.17) is 4.74 Å². The second kappa shape index (κ2) is 13.2. The van der Waals surface area contributed by atoms with Crippen molar-refractivity contribution < 1.29 is 31.5 Å². The van der Waals surface area contributed by atoms with Crippen LogP contribution in [-0.2, 0) is 26.2 Å². The number of hydrogen-bond donors (Lipinski definition) is 1. The average Bonchev–Trinajstić information content (AvgIpc) is 2.84. The van der Waals surface area contributed by atoms with Crippen LogP contribution in [0.1, 0.15) is 38.7 Å². The van der Waals surface area contributed by atoms with Gasteiger partial charge in [-0.3, -0.25) is 13.9 Å². The van der Waals surface area contributed by atoms with Crippen LogP contribution < -0.4 is 14.4 Å². The fraction of sp³-hybridized carbons (Fsp3) is 0.440. The fourth-order valence-corrected chi connectivity index (χ4v) is 4.55. The first-order valence-electron chi connectivity index (χ1n) is 11.6. The molecule has 198 valence electrons. The van der Waals surface area contributed by atoms with E-state index in [-0.39, 0.29) is 43.4 Å². The molecule has 0 aliphatic heterocycles. The molecule has 2 amide bonds. The number of methoxy groups -OCH3 is 1. The summed E-state index contributed by atoms with van der Waals surface area (Å²) in [4.78, 5) is 27.3. The maximum absolute atomic E-state index is 13.7. The van der Waals surface area contributed by atoms with Crippen LogP contribution in [0.15, 0.2) is 42.5 Å². The summed E-state index contributed by atoms with van der Waals surface area (Å²) in [6.07, 6.45) is 1.73. The van der Waals surface area contributed by atoms with Gasteiger partial charge in [-0.2, -0.15) is 0 Å². The minimum atomic E-state index is -3.82. The molecule has 0 heterocycles. The second-order valence-corrected chi connectivity index (χ2v) is 10.3. The minimum Gasteiger partial charge on any atom is -0.497 e. The van der Waals surface area contributed by atoms with Crippen molar-refractivity contribution >= 4 is 27.5 Å². The third-order valence-electron chi connectivity index (χ3n) is 5.55. The number of halogens is 2. The molecule has 0 aliphatic carbocycles. The van der Waals surface area contributed by atoms with Crippen molar-refractivity contribution in [1.29, 1.82) is 0 Å². The van der Waals surface area contributed by atoms with Gasteiger partial charge in [-0.1, -0.05) is 19.1 Å². The third kappa shape index (κ3) is 8.18. The number of sulfonamides is 1. The summed E-state index contributed by atoms with van der Waals surface area (Å²) in [5.41, 5.74) is 0.724. The summed E-state index contributed by atoms with van der Waals surface area (Å²) >= 11 is 0. The lowest BCUT2D eigenvalue weighted by atomic mass is 10.1. The van der Waals surface area contributed by atoms with Crippen LogP contribution in [0.5, 0.6) is 5.75 Å². The molecule has 0 saturated carbocycles. The van der Waals surface area contributed by atoms with Crippen LogP contribution in [0.25, 0.3) is 0 Å². The highest BCUT2D eigenvalue weighted by molar-refractivity contribution is 7.92. The predicted molar refractivity (Wildman–Crippen MR) is 134 cm³/mol. The smallest absolute Gasteiger partial charge is 0.242 e. The van der Waals surface area contributed by atoms with Crippen molar-refractivity contribution in [2.24, 2.45) is 0 Å². The van der Waals surface area contributed by atoms with Gasteiger partial charge in [-0.15, -0.1) is 0 Å². The molecule has 1 unspecified atom stereocenters. The molecule has 0 saturated heterocycles. The molecule has 2 rings (SSSR count). The van der Waals surface area contributed by atoms with Crippen molar-refractivity contribution in [2.75, 3.05) is 30.8 Å². The number of anilines is 1. The monoisotopic (exact) mass is 525 g/mol. The Morgan fingerprint density at radius 2 is 1.83 bits per heavy atom. The highest BCUT2D eigenvalue weighted by atomic mass is 32.2. The first-order chi connectivity index (χ1) is 17.0. The Morgan fingerprint density at radius 3 is 2.44 bits per heavy atom. The molecule has 1 N–H and O–H groups in total. The van der Waals surface area contributed by atoms with Gasteiger partial charge in [-0.25, -0.2) is 17.2 Å². The van der Waals surface area contributed by atoms with Crippen LogP contribution >= 0.6 is 0 Å². The maximum atomic E-state index is 13.7. The van der Waals surface area contributed by atoms with Gasteiger partial charge in [-0.05, 0) is 49.6 Å². The van der Waals surface area contributed by atoms with Crippen LogP contribution in [0.2, 0.25) is 0 Å². The molecule has 0 radical (unpaired) electrons. The molecular weight excluding hydrogens is 492 g/mol. The zero-order chi connectivity index (χ0) is 26.9. The normalized spacial score (nSPS) is 12.1. The molecule has 2 aromatic carbocycles. The van der Waals surface area contributed by atoms with E-state index in [1.54, 1.807) is 25.1 Å². The van der Waals surface area contributed by atoms with E-state index in [9.17, 15) is 26.8 Å². The number of ether oxygens (including phenoxy) is 1. The van der Waals surface area contributed by atoms with Crippen molar-refractivity contribution in [1.82, 2.24) is 10.2 Å². The van der Waals surface area contributed by atoms with Crippen molar-refractivity contribution in [3.63, 3.8) is 0 Å². The number of nitrogens with zero attached hydrogens (tertiary/aromatic N) is 2. The predicted octanol–water partition coefficient (Wildman–Crippen LogP) is 3.46. The molecule has 11 heteroatoms. The molecule has 8 nitrogen and oxygen atoms in total. The number of hydrogen-bond acceptors (Lipinski definition) is 5. The summed E-state index contributed by atoms with van der Waals surface area (Å²) in [6, 6.07) is 9.17. The van der Waals surface area contributed by atoms with E-state index in [1.165, 1.54) is 12.0 Å². The highest BCUT2D eigenvalue weighted by Gasteiger charge is 2.26. The summed E-state index contributed by atoms with van der Waals surface area (Å²) in [5.74, 6) is -2.30. The second-order valence-electron chi connectivity index (χ2n) is 8.38. The molecule has 0 fully saturated rings. The number of benzene rings is 2. The van der Waals surface area contributed by atoms with E-state index < -0.39 is 27.7 Å². The van der Waals surface area contributed by atoms with Crippen molar-refractivity contribution in [3.05, 3.63) is 59.7 Å². The summed E-state index contributed by atoms with van der Waals surface area (Å²) in [7, 11) is -2.29. The van der Waals surface area contributed by atoms with Gasteiger partial charge in [0.15, 0.2) is 11.6 Å². The van der Waals surface area contributed by atoms with Crippen LogP contribution in [0.3, 0.4) is 0 Å². The quantitative estimate of drug-likeness (QED) is 0.432. The summed E-state index contributed by atoms with van der Waals surface area (Å²) < 4.78 is 57.8. The lowest BCUT2D eigenvalue weighted by Gasteiger charge is -2.29. The Kier molecular flexibility index (Phi) is 10.6. The number of nitrogens with one attached hydrogen (secondary N) is 1. The first kappa shape index (κ1) is 29.0. The molecule has 0 bridgehead atoms. The Balaban J connectivity index is 2.19. The fourth-order valence-electron chi connectivity index (χ4n) is 3.59. The van der Waals surface area contributed by atoms with E-state index in [0.717, 1.165) is 40.7 Å². The Labute approximate surface area is 211 Å². The SMILES string of the molecule is CCCNC(=O)C(C)N(Cc1cccc(OC)c1)C(=O)CCCN(c1ccc(F)c(F)c1)S(C)(=O)=O. The first-order valence-corrected chi connectivity index (χ1v) is 13.5. The van der Waals surface area contributed by atoms with Gasteiger partial charge in [0.25, 0.3) is 0 Å². The van der Waals surface area contributed by atoms with E-state index >= 15 is 0 Å².